The first-order chi connectivity index (χ1) is 7.15. The van der Waals surface area contributed by atoms with Crippen molar-refractivity contribution in [2.75, 3.05) is 13.2 Å². The third-order valence-corrected chi connectivity index (χ3v) is 2.88. The van der Waals surface area contributed by atoms with Crippen molar-refractivity contribution in [2.45, 2.75) is 31.5 Å². The molecule has 3 N–H and O–H groups in total. The van der Waals surface area contributed by atoms with E-state index in [1.54, 1.807) is 0 Å². The van der Waals surface area contributed by atoms with Gasteiger partial charge in [-0.3, -0.25) is 9.69 Å². The van der Waals surface area contributed by atoms with Crippen LogP contribution in [0.2, 0.25) is 0 Å². The van der Waals surface area contributed by atoms with Gasteiger partial charge in [-0.2, -0.15) is 0 Å². The van der Waals surface area contributed by atoms with Crippen LogP contribution in [0.5, 0.6) is 0 Å². The molecule has 6 nitrogen and oxygen atoms in total. The molecule has 1 aliphatic carbocycles. The minimum atomic E-state index is -0.357. The van der Waals surface area contributed by atoms with Crippen molar-refractivity contribution in [2.24, 2.45) is 5.73 Å². The third-order valence-electron chi connectivity index (χ3n) is 2.88. The van der Waals surface area contributed by atoms with Crippen molar-refractivity contribution in [3.63, 3.8) is 0 Å². The van der Waals surface area contributed by atoms with E-state index in [4.69, 9.17) is 10.5 Å². The van der Waals surface area contributed by atoms with E-state index in [1.807, 2.05) is 6.92 Å². The lowest BCUT2D eigenvalue weighted by atomic mass is 9.82. The van der Waals surface area contributed by atoms with Crippen LogP contribution in [0, 0.1) is 0 Å². The maximum Gasteiger partial charge on any atom is 0.324 e. The van der Waals surface area contributed by atoms with Crippen LogP contribution in [0.4, 0.5) is 4.79 Å². The molecule has 0 radical (unpaired) electrons. The molecule has 1 saturated carbocycles. The predicted molar refractivity (Wildman–Crippen MR) is 52.0 cm³/mol. The van der Waals surface area contributed by atoms with Crippen LogP contribution in [-0.4, -0.2) is 48.2 Å². The number of carbonyl (C=O) groups is 2. The van der Waals surface area contributed by atoms with Crippen molar-refractivity contribution < 1.29 is 14.3 Å². The highest BCUT2D eigenvalue weighted by molar-refractivity contribution is 6.02. The van der Waals surface area contributed by atoms with Gasteiger partial charge in [-0.1, -0.05) is 0 Å². The average molecular weight is 213 g/mol. The fourth-order valence-electron chi connectivity index (χ4n) is 2.10. The van der Waals surface area contributed by atoms with Gasteiger partial charge in [-0.05, 0) is 13.3 Å². The molecule has 2 aliphatic rings. The molecule has 1 heterocycles. The van der Waals surface area contributed by atoms with Crippen molar-refractivity contribution in [3.8, 4) is 0 Å². The number of nitrogens with two attached hydrogens (primary N) is 1. The summed E-state index contributed by atoms with van der Waals surface area (Å²) in [6, 6.07) is -0.806. The topological polar surface area (TPSA) is 84.7 Å². The van der Waals surface area contributed by atoms with Gasteiger partial charge in [0.15, 0.2) is 0 Å². The van der Waals surface area contributed by atoms with E-state index in [2.05, 4.69) is 5.32 Å². The maximum atomic E-state index is 11.4. The molecule has 0 bridgehead atoms. The second-order valence-corrected chi connectivity index (χ2v) is 3.81. The zero-order valence-electron chi connectivity index (χ0n) is 8.60. The van der Waals surface area contributed by atoms with Crippen molar-refractivity contribution in [1.82, 2.24) is 10.2 Å². The van der Waals surface area contributed by atoms with Crippen LogP contribution in [0.3, 0.4) is 0 Å². The van der Waals surface area contributed by atoms with Gasteiger partial charge in [0.1, 0.15) is 0 Å². The number of urea groups is 1. The summed E-state index contributed by atoms with van der Waals surface area (Å²) in [4.78, 5) is 24.0. The summed E-state index contributed by atoms with van der Waals surface area (Å²) < 4.78 is 5.42. The Morgan fingerprint density at radius 2 is 2.33 bits per heavy atom. The van der Waals surface area contributed by atoms with Gasteiger partial charge in [0.2, 0.25) is 5.91 Å². The summed E-state index contributed by atoms with van der Waals surface area (Å²) in [6.07, 6.45) is 0.605. The first-order valence-corrected chi connectivity index (χ1v) is 5.12. The molecule has 1 aliphatic heterocycles. The molecule has 3 unspecified atom stereocenters. The SMILES string of the molecule is CCOC1CC(N)C1N1C(=O)CNC1=O. The first kappa shape index (κ1) is 10.4. The highest BCUT2D eigenvalue weighted by atomic mass is 16.5. The summed E-state index contributed by atoms with van der Waals surface area (Å²) in [7, 11) is 0. The van der Waals surface area contributed by atoms with E-state index < -0.39 is 0 Å². The van der Waals surface area contributed by atoms with Gasteiger partial charge in [0.25, 0.3) is 0 Å². The second kappa shape index (κ2) is 3.79. The molecule has 0 spiro atoms. The molecule has 0 aromatic heterocycles. The normalized spacial score (nSPS) is 35.3. The minimum absolute atomic E-state index is 0.0703. The summed E-state index contributed by atoms with van der Waals surface area (Å²) in [5.74, 6) is -0.218. The van der Waals surface area contributed by atoms with Gasteiger partial charge >= 0.3 is 6.03 Å². The number of rotatable bonds is 3. The number of hydrogen-bond donors (Lipinski definition) is 2. The number of ether oxygens (including phenoxy) is 1. The number of nitrogens with one attached hydrogen (secondary N) is 1. The van der Waals surface area contributed by atoms with E-state index in [-0.39, 0.29) is 36.7 Å². The van der Waals surface area contributed by atoms with Crippen LogP contribution in [0.1, 0.15) is 13.3 Å². The Morgan fingerprint density at radius 3 is 2.80 bits per heavy atom. The van der Waals surface area contributed by atoms with Crippen LogP contribution in [-0.2, 0) is 9.53 Å². The zero-order chi connectivity index (χ0) is 11.0. The Hall–Kier alpha value is -1.14. The van der Waals surface area contributed by atoms with E-state index in [9.17, 15) is 9.59 Å². The van der Waals surface area contributed by atoms with Crippen molar-refractivity contribution >= 4 is 11.9 Å². The van der Waals surface area contributed by atoms with Crippen LogP contribution < -0.4 is 11.1 Å². The van der Waals surface area contributed by atoms with E-state index in [0.29, 0.717) is 13.0 Å². The summed E-state index contributed by atoms with van der Waals surface area (Å²) in [6.45, 7) is 2.52. The molecule has 3 atom stereocenters. The van der Waals surface area contributed by atoms with Crippen molar-refractivity contribution in [3.05, 3.63) is 0 Å². The largest absolute Gasteiger partial charge is 0.376 e. The highest BCUT2D eigenvalue weighted by Crippen LogP contribution is 2.29. The van der Waals surface area contributed by atoms with Gasteiger partial charge < -0.3 is 15.8 Å². The second-order valence-electron chi connectivity index (χ2n) is 3.81. The maximum absolute atomic E-state index is 11.4. The predicted octanol–water partition coefficient (Wildman–Crippen LogP) is -0.957. The Morgan fingerprint density at radius 1 is 1.60 bits per heavy atom. The molecule has 15 heavy (non-hydrogen) atoms. The van der Waals surface area contributed by atoms with Gasteiger partial charge in [-0.15, -0.1) is 0 Å². The van der Waals surface area contributed by atoms with Crippen LogP contribution >= 0.6 is 0 Å². The average Bonchev–Trinajstić information content (AvgIpc) is 2.49. The molecule has 6 heteroatoms. The first-order valence-electron chi connectivity index (χ1n) is 5.12. The Kier molecular flexibility index (Phi) is 2.62. The minimum Gasteiger partial charge on any atom is -0.376 e. The Bertz CT molecular complexity index is 276. The Labute approximate surface area is 87.7 Å². The fourth-order valence-corrected chi connectivity index (χ4v) is 2.10. The third kappa shape index (κ3) is 1.59. The quantitative estimate of drug-likeness (QED) is 0.591. The molecule has 2 fully saturated rings. The molecular weight excluding hydrogens is 198 g/mol. The summed E-state index contributed by atoms with van der Waals surface area (Å²) in [5, 5.41) is 2.48. The summed E-state index contributed by atoms with van der Waals surface area (Å²) in [5.41, 5.74) is 5.79. The zero-order valence-corrected chi connectivity index (χ0v) is 8.60. The van der Waals surface area contributed by atoms with Gasteiger partial charge in [-0.25, -0.2) is 4.79 Å². The molecule has 0 aromatic carbocycles. The van der Waals surface area contributed by atoms with Gasteiger partial charge in [0.05, 0.1) is 18.7 Å². The Balaban J connectivity index is 2.07. The smallest absolute Gasteiger partial charge is 0.324 e. The monoisotopic (exact) mass is 213 g/mol. The molecule has 84 valence electrons. The molecule has 0 aromatic rings. The number of nitrogens with zero attached hydrogens (tertiary/aromatic N) is 1. The number of imide groups is 1. The fraction of sp³-hybridized carbons (Fsp3) is 0.778. The van der Waals surface area contributed by atoms with Crippen molar-refractivity contribution in [1.29, 1.82) is 0 Å². The highest BCUT2D eigenvalue weighted by Gasteiger charge is 2.49. The molecule has 2 rings (SSSR count). The summed E-state index contributed by atoms with van der Waals surface area (Å²) >= 11 is 0. The number of amides is 3. The van der Waals surface area contributed by atoms with Crippen LogP contribution in [0.15, 0.2) is 0 Å². The number of hydrogen-bond acceptors (Lipinski definition) is 4. The van der Waals surface area contributed by atoms with Crippen LogP contribution in [0.25, 0.3) is 0 Å². The molecular formula is C9H15N3O3. The molecule has 3 amide bonds. The van der Waals surface area contributed by atoms with E-state index in [0.717, 1.165) is 0 Å². The lowest BCUT2D eigenvalue weighted by Gasteiger charge is -2.45. The number of carbonyl (C=O) groups excluding carboxylic acids is 2. The standard InChI is InChI=1S/C9H15N3O3/c1-2-15-6-3-5(10)8(6)12-7(13)4-11-9(12)14/h5-6,8H,2-4,10H2,1H3,(H,11,14). The van der Waals surface area contributed by atoms with Gasteiger partial charge in [0, 0.05) is 12.6 Å². The van der Waals surface area contributed by atoms with E-state index >= 15 is 0 Å². The lowest BCUT2D eigenvalue weighted by molar-refractivity contribution is -0.135. The molecule has 1 saturated heterocycles. The van der Waals surface area contributed by atoms with E-state index in [1.165, 1.54) is 4.90 Å². The lowest BCUT2D eigenvalue weighted by Crippen LogP contribution is -2.66.